The van der Waals surface area contributed by atoms with Crippen LogP contribution in [0.5, 0.6) is 17.2 Å². The summed E-state index contributed by atoms with van der Waals surface area (Å²) in [6, 6.07) is 20.6. The first kappa shape index (κ1) is 24.5. The number of nitrogens with one attached hydrogen (secondary N) is 1. The average molecular weight is 487 g/mol. The van der Waals surface area contributed by atoms with E-state index in [2.05, 4.69) is 5.32 Å². The van der Waals surface area contributed by atoms with Gasteiger partial charge in [0.15, 0.2) is 11.5 Å². The summed E-state index contributed by atoms with van der Waals surface area (Å²) in [5.74, 6) is 0.253. The standard InChI is InChI=1S/C28H26N2O6/c1-3-34-25-18-20(11-14-24(25)36-16-15-35-22-7-5-4-6-8-22)17-23-26(31)29-28(33)30(27(23)32)21-12-9-19(2)10-13-21/h4-14,17-18H,3,15-16H2,1-2H3,(H,29,31,33)/b23-17-. The summed E-state index contributed by atoms with van der Waals surface area (Å²) in [7, 11) is 0. The summed E-state index contributed by atoms with van der Waals surface area (Å²) >= 11 is 0. The lowest BCUT2D eigenvalue weighted by molar-refractivity contribution is -0.122. The van der Waals surface area contributed by atoms with Gasteiger partial charge in [-0.1, -0.05) is 42.0 Å². The van der Waals surface area contributed by atoms with Crippen LogP contribution in [0.2, 0.25) is 0 Å². The lowest BCUT2D eigenvalue weighted by Crippen LogP contribution is -2.54. The number of anilines is 1. The average Bonchev–Trinajstić information content (AvgIpc) is 2.87. The third-order valence-electron chi connectivity index (χ3n) is 5.33. The molecule has 0 spiro atoms. The van der Waals surface area contributed by atoms with Crippen LogP contribution >= 0.6 is 0 Å². The third-order valence-corrected chi connectivity index (χ3v) is 5.33. The van der Waals surface area contributed by atoms with Gasteiger partial charge in [-0.3, -0.25) is 14.9 Å². The highest BCUT2D eigenvalue weighted by atomic mass is 16.5. The number of aryl methyl sites for hydroxylation is 1. The van der Waals surface area contributed by atoms with Gasteiger partial charge in [-0.25, -0.2) is 9.69 Å². The fourth-order valence-corrected chi connectivity index (χ4v) is 3.58. The SMILES string of the molecule is CCOc1cc(/C=C2/C(=O)NC(=O)N(c3ccc(C)cc3)C2=O)ccc1OCCOc1ccccc1. The Labute approximate surface area is 209 Å². The van der Waals surface area contributed by atoms with Gasteiger partial charge in [0.2, 0.25) is 0 Å². The van der Waals surface area contributed by atoms with Gasteiger partial charge in [0.1, 0.15) is 24.5 Å². The van der Waals surface area contributed by atoms with Crippen molar-refractivity contribution in [2.45, 2.75) is 13.8 Å². The van der Waals surface area contributed by atoms with Crippen LogP contribution in [0, 0.1) is 6.92 Å². The Hall–Kier alpha value is -4.59. The van der Waals surface area contributed by atoms with Gasteiger partial charge in [0.05, 0.1) is 12.3 Å². The summed E-state index contributed by atoms with van der Waals surface area (Å²) in [6.45, 7) is 4.78. The lowest BCUT2D eigenvalue weighted by atomic mass is 10.1. The minimum absolute atomic E-state index is 0.164. The van der Waals surface area contributed by atoms with Crippen LogP contribution < -0.4 is 24.4 Å². The maximum atomic E-state index is 13.1. The van der Waals surface area contributed by atoms with E-state index in [1.54, 1.807) is 42.5 Å². The van der Waals surface area contributed by atoms with E-state index in [0.29, 0.717) is 42.6 Å². The zero-order valence-corrected chi connectivity index (χ0v) is 20.0. The number of ether oxygens (including phenoxy) is 3. The molecule has 3 aromatic carbocycles. The molecule has 4 amide bonds. The third kappa shape index (κ3) is 5.72. The molecule has 0 aliphatic carbocycles. The topological polar surface area (TPSA) is 94.2 Å². The normalized spacial score (nSPS) is 14.6. The van der Waals surface area contributed by atoms with E-state index in [0.717, 1.165) is 16.2 Å². The Kier molecular flexibility index (Phi) is 7.65. The van der Waals surface area contributed by atoms with Gasteiger partial charge in [0, 0.05) is 0 Å². The van der Waals surface area contributed by atoms with Crippen molar-refractivity contribution in [2.24, 2.45) is 0 Å². The van der Waals surface area contributed by atoms with Crippen LogP contribution in [0.3, 0.4) is 0 Å². The first-order chi connectivity index (χ1) is 17.5. The summed E-state index contributed by atoms with van der Waals surface area (Å²) in [6.07, 6.45) is 1.43. The monoisotopic (exact) mass is 486 g/mol. The van der Waals surface area contributed by atoms with Crippen LogP contribution in [-0.2, 0) is 9.59 Å². The zero-order chi connectivity index (χ0) is 25.5. The van der Waals surface area contributed by atoms with Gasteiger partial charge in [-0.2, -0.15) is 0 Å². The fraction of sp³-hybridized carbons (Fsp3) is 0.179. The predicted molar refractivity (Wildman–Crippen MR) is 135 cm³/mol. The van der Waals surface area contributed by atoms with Crippen molar-refractivity contribution < 1.29 is 28.6 Å². The second kappa shape index (κ2) is 11.2. The van der Waals surface area contributed by atoms with Crippen molar-refractivity contribution in [2.75, 3.05) is 24.7 Å². The molecular weight excluding hydrogens is 460 g/mol. The van der Waals surface area contributed by atoms with Gasteiger partial charge >= 0.3 is 6.03 Å². The molecule has 8 heteroatoms. The van der Waals surface area contributed by atoms with Crippen LogP contribution in [-0.4, -0.2) is 37.7 Å². The summed E-state index contributed by atoms with van der Waals surface area (Å²) < 4.78 is 17.2. The molecule has 184 valence electrons. The van der Waals surface area contributed by atoms with Crippen LogP contribution in [0.1, 0.15) is 18.1 Å². The number of carbonyl (C=O) groups excluding carboxylic acids is 3. The lowest BCUT2D eigenvalue weighted by Gasteiger charge is -2.26. The quantitative estimate of drug-likeness (QED) is 0.272. The number of hydrogen-bond donors (Lipinski definition) is 1. The minimum Gasteiger partial charge on any atom is -0.490 e. The Morgan fingerprint density at radius 2 is 1.56 bits per heavy atom. The van der Waals surface area contributed by atoms with Crippen molar-refractivity contribution in [3.63, 3.8) is 0 Å². The second-order valence-electron chi connectivity index (χ2n) is 7.94. The van der Waals surface area contributed by atoms with Gasteiger partial charge in [-0.15, -0.1) is 0 Å². The molecule has 0 unspecified atom stereocenters. The fourth-order valence-electron chi connectivity index (χ4n) is 3.58. The van der Waals surface area contributed by atoms with Crippen LogP contribution in [0.4, 0.5) is 10.5 Å². The van der Waals surface area contributed by atoms with E-state index >= 15 is 0 Å². The first-order valence-corrected chi connectivity index (χ1v) is 11.5. The molecule has 0 bridgehead atoms. The van der Waals surface area contributed by atoms with E-state index in [1.807, 2.05) is 44.2 Å². The van der Waals surface area contributed by atoms with Gasteiger partial charge in [-0.05, 0) is 61.9 Å². The zero-order valence-electron chi connectivity index (χ0n) is 20.0. The van der Waals surface area contributed by atoms with E-state index in [-0.39, 0.29) is 5.57 Å². The predicted octanol–water partition coefficient (Wildman–Crippen LogP) is 4.52. The molecule has 0 saturated carbocycles. The van der Waals surface area contributed by atoms with Crippen molar-refractivity contribution in [1.29, 1.82) is 0 Å². The number of benzene rings is 3. The number of nitrogens with zero attached hydrogens (tertiary/aromatic N) is 1. The molecule has 1 saturated heterocycles. The van der Waals surface area contributed by atoms with Gasteiger partial charge < -0.3 is 14.2 Å². The molecule has 4 rings (SSSR count). The molecule has 3 aromatic rings. The number of hydrogen-bond acceptors (Lipinski definition) is 6. The molecular formula is C28H26N2O6. The molecule has 1 fully saturated rings. The minimum atomic E-state index is -0.789. The molecule has 0 atom stereocenters. The molecule has 8 nitrogen and oxygen atoms in total. The second-order valence-corrected chi connectivity index (χ2v) is 7.94. The van der Waals surface area contributed by atoms with Crippen molar-refractivity contribution in [1.82, 2.24) is 5.32 Å². The highest BCUT2D eigenvalue weighted by molar-refractivity contribution is 6.39. The molecule has 1 aliphatic heterocycles. The van der Waals surface area contributed by atoms with E-state index in [1.165, 1.54) is 6.08 Å². The molecule has 1 heterocycles. The Morgan fingerprint density at radius 1 is 0.833 bits per heavy atom. The summed E-state index contributed by atoms with van der Waals surface area (Å²) in [4.78, 5) is 39.0. The Balaban J connectivity index is 1.51. The molecule has 1 aliphatic rings. The van der Waals surface area contributed by atoms with E-state index in [9.17, 15) is 14.4 Å². The first-order valence-electron chi connectivity index (χ1n) is 11.5. The number of rotatable bonds is 9. The molecule has 0 aromatic heterocycles. The number of amides is 4. The number of carbonyl (C=O) groups is 3. The van der Waals surface area contributed by atoms with Gasteiger partial charge in [0.25, 0.3) is 11.8 Å². The summed E-state index contributed by atoms with van der Waals surface area (Å²) in [5.41, 5.74) is 1.73. The molecule has 1 N–H and O–H groups in total. The van der Waals surface area contributed by atoms with Crippen molar-refractivity contribution >= 4 is 29.6 Å². The Bertz CT molecular complexity index is 1290. The van der Waals surface area contributed by atoms with Crippen LogP contribution in [0.25, 0.3) is 6.08 Å². The maximum Gasteiger partial charge on any atom is 0.335 e. The summed E-state index contributed by atoms with van der Waals surface area (Å²) in [5, 5.41) is 2.23. The number of para-hydroxylation sites is 1. The van der Waals surface area contributed by atoms with Crippen molar-refractivity contribution in [3.8, 4) is 17.2 Å². The van der Waals surface area contributed by atoms with E-state index in [4.69, 9.17) is 14.2 Å². The van der Waals surface area contributed by atoms with Crippen LogP contribution in [0.15, 0.2) is 78.4 Å². The molecule has 0 radical (unpaired) electrons. The highest BCUT2D eigenvalue weighted by Crippen LogP contribution is 2.30. The number of barbiturate groups is 1. The number of imide groups is 2. The molecule has 36 heavy (non-hydrogen) atoms. The Morgan fingerprint density at radius 3 is 2.28 bits per heavy atom. The van der Waals surface area contributed by atoms with Crippen molar-refractivity contribution in [3.05, 3.63) is 89.5 Å². The number of urea groups is 1. The highest BCUT2D eigenvalue weighted by Gasteiger charge is 2.36. The smallest absolute Gasteiger partial charge is 0.335 e. The van der Waals surface area contributed by atoms with E-state index < -0.39 is 17.8 Å². The largest absolute Gasteiger partial charge is 0.490 e. The maximum absolute atomic E-state index is 13.1.